The maximum Gasteiger partial charge on any atom is 0.262 e. The number of fused-ring (bicyclic) bond motifs is 1. The van der Waals surface area contributed by atoms with Crippen LogP contribution >= 0.6 is 11.6 Å². The molecule has 4 rings (SSSR count). The molecule has 10 heteroatoms. The number of nitrogens with two attached hydrogens (primary N) is 1. The summed E-state index contributed by atoms with van der Waals surface area (Å²) < 4.78 is 1.66. The molecule has 1 atom stereocenters. The van der Waals surface area contributed by atoms with Crippen LogP contribution in [0.5, 0.6) is 0 Å². The first kappa shape index (κ1) is 26.1. The fraction of sp³-hybridized carbons (Fsp3) is 0.296. The minimum absolute atomic E-state index is 0.0586. The van der Waals surface area contributed by atoms with Crippen LogP contribution in [-0.2, 0) is 13.1 Å². The molecule has 0 fully saturated rings. The number of nitrogens with one attached hydrogen (secondary N) is 1. The molecule has 0 amide bonds. The maximum absolute atomic E-state index is 13.6. The molecule has 0 bridgehead atoms. The molecule has 0 aliphatic heterocycles. The molecular formula is C27H29ClN8O. The Balaban J connectivity index is 1.64. The molecule has 4 aromatic rings. The summed E-state index contributed by atoms with van der Waals surface area (Å²) in [5.41, 5.74) is 8.13. The van der Waals surface area contributed by atoms with Gasteiger partial charge in [0.1, 0.15) is 23.3 Å². The second-order valence-electron chi connectivity index (χ2n) is 9.01. The van der Waals surface area contributed by atoms with E-state index in [-0.39, 0.29) is 11.5 Å². The highest BCUT2D eigenvalue weighted by molar-refractivity contribution is 6.35. The summed E-state index contributed by atoms with van der Waals surface area (Å²) in [6.07, 6.45) is 0.726. The molecule has 2 aromatic heterocycles. The van der Waals surface area contributed by atoms with Crippen molar-refractivity contribution in [3.8, 4) is 6.07 Å². The van der Waals surface area contributed by atoms with Crippen molar-refractivity contribution in [1.29, 1.82) is 5.26 Å². The Hall–Kier alpha value is -4.00. The minimum Gasteiger partial charge on any atom is -0.368 e. The van der Waals surface area contributed by atoms with E-state index >= 15 is 0 Å². The van der Waals surface area contributed by atoms with Gasteiger partial charge in [-0.05, 0) is 51.6 Å². The molecule has 37 heavy (non-hydrogen) atoms. The number of nitrogen functional groups attached to an aromatic ring is 1. The summed E-state index contributed by atoms with van der Waals surface area (Å²) in [5, 5.41) is 13.6. The molecule has 0 spiro atoms. The molecule has 0 saturated carbocycles. The van der Waals surface area contributed by atoms with Gasteiger partial charge in [-0.25, -0.2) is 9.97 Å². The van der Waals surface area contributed by atoms with Gasteiger partial charge in [0, 0.05) is 13.1 Å². The van der Waals surface area contributed by atoms with Crippen molar-refractivity contribution < 1.29 is 0 Å². The van der Waals surface area contributed by atoms with Crippen LogP contribution in [0, 0.1) is 18.3 Å². The molecular weight excluding hydrogens is 488 g/mol. The fourth-order valence-electron chi connectivity index (χ4n) is 4.36. The van der Waals surface area contributed by atoms with Crippen molar-refractivity contribution in [1.82, 2.24) is 24.4 Å². The summed E-state index contributed by atoms with van der Waals surface area (Å²) in [5.74, 6) is 0.877. The number of rotatable bonds is 9. The average molecular weight is 517 g/mol. The number of halogens is 1. The smallest absolute Gasteiger partial charge is 0.262 e. The maximum atomic E-state index is 13.6. The average Bonchev–Trinajstić information content (AvgIpc) is 2.85. The van der Waals surface area contributed by atoms with E-state index in [1.165, 1.54) is 5.56 Å². The number of benzene rings is 2. The molecule has 3 N–H and O–H groups in total. The van der Waals surface area contributed by atoms with E-state index in [0.717, 1.165) is 19.5 Å². The van der Waals surface area contributed by atoms with E-state index in [9.17, 15) is 10.1 Å². The predicted molar refractivity (Wildman–Crippen MR) is 146 cm³/mol. The van der Waals surface area contributed by atoms with Gasteiger partial charge in [0.2, 0.25) is 5.95 Å². The van der Waals surface area contributed by atoms with Crippen LogP contribution in [0.15, 0.2) is 53.3 Å². The van der Waals surface area contributed by atoms with E-state index in [0.29, 0.717) is 45.4 Å². The fourth-order valence-corrected chi connectivity index (χ4v) is 4.61. The Morgan fingerprint density at radius 2 is 1.92 bits per heavy atom. The minimum atomic E-state index is -0.459. The lowest BCUT2D eigenvalue weighted by molar-refractivity contribution is 0.312. The lowest BCUT2D eigenvalue weighted by Crippen LogP contribution is -2.30. The third kappa shape index (κ3) is 5.88. The van der Waals surface area contributed by atoms with Gasteiger partial charge >= 0.3 is 0 Å². The molecule has 0 aliphatic carbocycles. The van der Waals surface area contributed by atoms with Crippen molar-refractivity contribution in [2.75, 3.05) is 24.6 Å². The van der Waals surface area contributed by atoms with Crippen molar-refractivity contribution in [3.63, 3.8) is 0 Å². The van der Waals surface area contributed by atoms with E-state index < -0.39 is 6.04 Å². The standard InChI is InChI=1S/C27H29ClN8O/c1-17-20(15-29)24(34-27(30)32-17)31-18(2)25-33-22-12-7-11-21(28)23(22)26(37)36(25)14-8-13-35(3)16-19-9-5-4-6-10-19/h4-7,9-12,18H,8,13-14,16H2,1-3H3,(H3,30,31,32,34). The van der Waals surface area contributed by atoms with Gasteiger partial charge in [-0.3, -0.25) is 9.36 Å². The van der Waals surface area contributed by atoms with Crippen LogP contribution in [0.3, 0.4) is 0 Å². The largest absolute Gasteiger partial charge is 0.368 e. The zero-order valence-electron chi connectivity index (χ0n) is 21.1. The number of aromatic nitrogens is 4. The van der Waals surface area contributed by atoms with Crippen LogP contribution in [0.1, 0.15) is 42.0 Å². The number of nitrogens with zero attached hydrogens (tertiary/aromatic N) is 6. The van der Waals surface area contributed by atoms with Gasteiger partial charge in [0.25, 0.3) is 5.56 Å². The third-order valence-corrected chi connectivity index (χ3v) is 6.45. The Kier molecular flexibility index (Phi) is 8.01. The summed E-state index contributed by atoms with van der Waals surface area (Å²) >= 11 is 6.40. The Bertz CT molecular complexity index is 1510. The van der Waals surface area contributed by atoms with Gasteiger partial charge in [0.15, 0.2) is 0 Å². The Morgan fingerprint density at radius 1 is 1.16 bits per heavy atom. The molecule has 9 nitrogen and oxygen atoms in total. The molecule has 0 saturated heterocycles. The highest BCUT2D eigenvalue weighted by atomic mass is 35.5. The van der Waals surface area contributed by atoms with Crippen LogP contribution < -0.4 is 16.6 Å². The normalized spacial score (nSPS) is 12.0. The first-order valence-corrected chi connectivity index (χ1v) is 12.4. The van der Waals surface area contributed by atoms with Crippen molar-refractivity contribution in [2.24, 2.45) is 0 Å². The van der Waals surface area contributed by atoms with E-state index in [4.69, 9.17) is 22.3 Å². The van der Waals surface area contributed by atoms with Gasteiger partial charge < -0.3 is 16.0 Å². The highest BCUT2D eigenvalue weighted by Gasteiger charge is 2.20. The molecule has 2 aromatic carbocycles. The van der Waals surface area contributed by atoms with E-state index in [1.54, 1.807) is 29.7 Å². The zero-order chi connectivity index (χ0) is 26.5. The number of nitriles is 1. The van der Waals surface area contributed by atoms with Crippen LogP contribution in [-0.4, -0.2) is 38.0 Å². The SMILES string of the molecule is Cc1nc(N)nc(NC(C)c2nc3cccc(Cl)c3c(=O)n2CCCN(C)Cc2ccccc2)c1C#N. The number of hydrogen-bond acceptors (Lipinski definition) is 8. The quantitative estimate of drug-likeness (QED) is 0.337. The second kappa shape index (κ2) is 11.4. The van der Waals surface area contributed by atoms with Crippen molar-refractivity contribution >= 4 is 34.3 Å². The van der Waals surface area contributed by atoms with Gasteiger partial charge in [-0.1, -0.05) is 48.0 Å². The molecule has 1 unspecified atom stereocenters. The van der Waals surface area contributed by atoms with Gasteiger partial charge in [-0.2, -0.15) is 10.2 Å². The third-order valence-electron chi connectivity index (χ3n) is 6.14. The van der Waals surface area contributed by atoms with Gasteiger partial charge in [-0.15, -0.1) is 0 Å². The number of aryl methyl sites for hydroxylation is 1. The van der Waals surface area contributed by atoms with Crippen LogP contribution in [0.25, 0.3) is 10.9 Å². The van der Waals surface area contributed by atoms with Crippen LogP contribution in [0.2, 0.25) is 5.02 Å². The van der Waals surface area contributed by atoms with Gasteiger partial charge in [0.05, 0.1) is 27.7 Å². The van der Waals surface area contributed by atoms with E-state index in [2.05, 4.69) is 45.4 Å². The van der Waals surface area contributed by atoms with Crippen molar-refractivity contribution in [2.45, 2.75) is 39.4 Å². The monoisotopic (exact) mass is 516 g/mol. The molecule has 0 radical (unpaired) electrons. The van der Waals surface area contributed by atoms with E-state index in [1.807, 2.05) is 25.1 Å². The molecule has 2 heterocycles. The zero-order valence-corrected chi connectivity index (χ0v) is 21.8. The molecule has 0 aliphatic rings. The lowest BCUT2D eigenvalue weighted by atomic mass is 10.2. The van der Waals surface area contributed by atoms with Crippen molar-refractivity contribution in [3.05, 3.63) is 86.6 Å². The number of hydrogen-bond donors (Lipinski definition) is 2. The Labute approximate surface area is 220 Å². The topological polar surface area (TPSA) is 126 Å². The predicted octanol–water partition coefficient (Wildman–Crippen LogP) is 4.30. The lowest BCUT2D eigenvalue weighted by Gasteiger charge is -2.22. The second-order valence-corrected chi connectivity index (χ2v) is 9.41. The van der Waals surface area contributed by atoms with Crippen LogP contribution in [0.4, 0.5) is 11.8 Å². The first-order valence-electron chi connectivity index (χ1n) is 12.0. The Morgan fingerprint density at radius 3 is 2.65 bits per heavy atom. The number of anilines is 2. The highest BCUT2D eigenvalue weighted by Crippen LogP contribution is 2.24. The first-order chi connectivity index (χ1) is 17.8. The molecule has 190 valence electrons. The summed E-state index contributed by atoms with van der Waals surface area (Å²) in [4.78, 5) is 28.9. The summed E-state index contributed by atoms with van der Waals surface area (Å²) in [7, 11) is 2.06. The summed E-state index contributed by atoms with van der Waals surface area (Å²) in [6, 6.07) is 17.1. The summed E-state index contributed by atoms with van der Waals surface area (Å²) in [6.45, 7) is 5.61.